The van der Waals surface area contributed by atoms with E-state index in [1.54, 1.807) is 0 Å². The van der Waals surface area contributed by atoms with Crippen molar-refractivity contribution in [1.29, 1.82) is 0 Å². The normalized spacial score (nSPS) is 11.7. The van der Waals surface area contributed by atoms with Gasteiger partial charge in [0.2, 0.25) is 0 Å². The molecule has 0 bridgehead atoms. The second kappa shape index (κ2) is 17.2. The van der Waals surface area contributed by atoms with E-state index in [2.05, 4.69) is 13.5 Å². The number of hydrogen-bond donors (Lipinski definition) is 1. The van der Waals surface area contributed by atoms with Gasteiger partial charge in [-0.15, -0.1) is 6.58 Å². The number of likely N-dealkylation sites (N-methyl/N-ethyl adjacent to an activating group) is 1. The first-order valence-corrected chi connectivity index (χ1v) is 11.1. The van der Waals surface area contributed by atoms with Crippen LogP contribution in [0.1, 0.15) is 90.4 Å². The zero-order valence-corrected chi connectivity index (χ0v) is 18.4. The summed E-state index contributed by atoms with van der Waals surface area (Å²) in [6, 6.07) is 0. The van der Waals surface area contributed by atoms with Crippen molar-refractivity contribution in [3.05, 3.63) is 12.2 Å². The quantitative estimate of drug-likeness (QED) is 0.164. The molecule has 27 heavy (non-hydrogen) atoms. The van der Waals surface area contributed by atoms with Crippen LogP contribution in [0.2, 0.25) is 0 Å². The number of aliphatic carboxylic acids is 1. The third-order valence-corrected chi connectivity index (χ3v) is 5.04. The molecule has 0 spiro atoms. The Bertz CT molecular complexity index is 380. The maximum Gasteiger partial charge on any atom is 0.359 e. The lowest BCUT2D eigenvalue weighted by atomic mass is 10.1. The van der Waals surface area contributed by atoms with E-state index >= 15 is 0 Å². The molecule has 4 nitrogen and oxygen atoms in total. The van der Waals surface area contributed by atoms with Crippen LogP contribution in [0.15, 0.2) is 12.2 Å². The Morgan fingerprint density at radius 1 is 0.815 bits per heavy atom. The van der Waals surface area contributed by atoms with Crippen LogP contribution in [-0.2, 0) is 9.53 Å². The van der Waals surface area contributed by atoms with E-state index in [1.165, 1.54) is 76.2 Å². The summed E-state index contributed by atoms with van der Waals surface area (Å²) in [7, 11) is 4.01. The third kappa shape index (κ3) is 21.3. The van der Waals surface area contributed by atoms with Gasteiger partial charge in [0.25, 0.3) is 0 Å². The highest BCUT2D eigenvalue weighted by atomic mass is 16.5. The molecule has 0 radical (unpaired) electrons. The molecular weight excluding hydrogens is 338 g/mol. The monoisotopic (exact) mass is 384 g/mol. The molecule has 0 aromatic rings. The Labute approximate surface area is 168 Å². The van der Waals surface area contributed by atoms with Crippen molar-refractivity contribution in [3.63, 3.8) is 0 Å². The number of carbonyl (C=O) groups is 1. The lowest BCUT2D eigenvalue weighted by Crippen LogP contribution is -2.44. The molecule has 0 rings (SSSR count). The number of quaternary nitrogens is 1. The van der Waals surface area contributed by atoms with Gasteiger partial charge in [-0.25, -0.2) is 4.79 Å². The van der Waals surface area contributed by atoms with E-state index in [0.717, 1.165) is 32.6 Å². The van der Waals surface area contributed by atoms with Crippen LogP contribution in [0.25, 0.3) is 0 Å². The Kier molecular flexibility index (Phi) is 16.7. The second-order valence-electron chi connectivity index (χ2n) is 8.77. The van der Waals surface area contributed by atoms with E-state index in [9.17, 15) is 4.79 Å². The molecule has 0 unspecified atom stereocenters. The Hall–Kier alpha value is -0.870. The van der Waals surface area contributed by atoms with Crippen molar-refractivity contribution in [2.75, 3.05) is 40.4 Å². The zero-order chi connectivity index (χ0) is 20.4. The smallest absolute Gasteiger partial charge is 0.359 e. The first-order chi connectivity index (χ1) is 12.8. The van der Waals surface area contributed by atoms with E-state index in [-0.39, 0.29) is 6.54 Å². The van der Waals surface area contributed by atoms with Crippen LogP contribution >= 0.6 is 0 Å². The standard InChI is InChI=1S/C23H45NO3/c1-22(2)17-20-27-19-16-14-12-10-8-6-5-7-9-11-13-15-18-24(3,4)21-23(25)26/h1,5-21H2,2-4H3/p+1. The first-order valence-electron chi connectivity index (χ1n) is 11.1. The number of nitrogens with zero attached hydrogens (tertiary/aromatic N) is 1. The molecule has 0 saturated heterocycles. The van der Waals surface area contributed by atoms with Crippen LogP contribution in [-0.4, -0.2) is 56.0 Å². The average Bonchev–Trinajstić information content (AvgIpc) is 2.56. The number of ether oxygens (including phenoxy) is 1. The van der Waals surface area contributed by atoms with Crippen molar-refractivity contribution in [3.8, 4) is 0 Å². The van der Waals surface area contributed by atoms with Crippen LogP contribution < -0.4 is 0 Å². The molecule has 0 saturated carbocycles. The summed E-state index contributed by atoms with van der Waals surface area (Å²) in [5.74, 6) is -0.702. The summed E-state index contributed by atoms with van der Waals surface area (Å²) in [4.78, 5) is 10.8. The van der Waals surface area contributed by atoms with Gasteiger partial charge in [-0.1, -0.05) is 63.4 Å². The van der Waals surface area contributed by atoms with E-state index in [1.807, 2.05) is 14.1 Å². The highest BCUT2D eigenvalue weighted by Crippen LogP contribution is 2.13. The summed E-state index contributed by atoms with van der Waals surface area (Å²) >= 11 is 0. The van der Waals surface area contributed by atoms with Crippen LogP contribution in [0.5, 0.6) is 0 Å². The van der Waals surface area contributed by atoms with Gasteiger partial charge in [-0.3, -0.25) is 0 Å². The van der Waals surface area contributed by atoms with Gasteiger partial charge in [0, 0.05) is 6.61 Å². The lowest BCUT2D eigenvalue weighted by Gasteiger charge is -2.27. The summed E-state index contributed by atoms with van der Waals surface area (Å²) in [6.07, 6.45) is 16.6. The largest absolute Gasteiger partial charge is 0.477 e. The first kappa shape index (κ1) is 26.1. The molecular formula is C23H46NO3+. The van der Waals surface area contributed by atoms with Crippen LogP contribution in [0.4, 0.5) is 0 Å². The number of carboxylic acids is 1. The molecule has 0 aliphatic carbocycles. The number of hydrogen-bond acceptors (Lipinski definition) is 2. The molecule has 4 heteroatoms. The molecule has 0 atom stereocenters. The molecule has 0 aliphatic rings. The molecule has 0 aliphatic heterocycles. The van der Waals surface area contributed by atoms with Crippen LogP contribution in [0, 0.1) is 0 Å². The predicted octanol–water partition coefficient (Wildman–Crippen LogP) is 5.81. The van der Waals surface area contributed by atoms with Crippen molar-refractivity contribution >= 4 is 5.97 Å². The fourth-order valence-electron chi connectivity index (χ4n) is 3.31. The fraction of sp³-hybridized carbons (Fsp3) is 0.870. The maximum atomic E-state index is 10.8. The summed E-state index contributed by atoms with van der Waals surface area (Å²) in [5.41, 5.74) is 1.20. The van der Waals surface area contributed by atoms with E-state index in [4.69, 9.17) is 9.84 Å². The van der Waals surface area contributed by atoms with Gasteiger partial charge in [-0.05, 0) is 32.6 Å². The number of rotatable bonds is 20. The predicted molar refractivity (Wildman–Crippen MR) is 115 cm³/mol. The summed E-state index contributed by atoms with van der Waals surface area (Å²) in [6.45, 7) is 8.85. The molecule has 160 valence electrons. The summed E-state index contributed by atoms with van der Waals surface area (Å²) < 4.78 is 6.19. The summed E-state index contributed by atoms with van der Waals surface area (Å²) in [5, 5.41) is 8.88. The van der Waals surface area contributed by atoms with Gasteiger partial charge in [0.1, 0.15) is 0 Å². The molecule has 1 N–H and O–H groups in total. The van der Waals surface area contributed by atoms with Gasteiger partial charge in [0.05, 0.1) is 27.2 Å². The van der Waals surface area contributed by atoms with Gasteiger partial charge in [-0.2, -0.15) is 0 Å². The Morgan fingerprint density at radius 3 is 1.70 bits per heavy atom. The fourth-order valence-corrected chi connectivity index (χ4v) is 3.31. The van der Waals surface area contributed by atoms with Crippen LogP contribution in [0.3, 0.4) is 0 Å². The van der Waals surface area contributed by atoms with Crippen molar-refractivity contribution in [1.82, 2.24) is 0 Å². The van der Waals surface area contributed by atoms with Gasteiger partial charge in [0.15, 0.2) is 6.54 Å². The van der Waals surface area contributed by atoms with Crippen molar-refractivity contribution in [2.24, 2.45) is 0 Å². The number of carboxylic acid groups (broad SMARTS) is 1. The highest BCUT2D eigenvalue weighted by molar-refractivity contribution is 5.67. The lowest BCUT2D eigenvalue weighted by molar-refractivity contribution is -0.883. The third-order valence-electron chi connectivity index (χ3n) is 5.04. The average molecular weight is 385 g/mol. The minimum Gasteiger partial charge on any atom is -0.477 e. The van der Waals surface area contributed by atoms with E-state index < -0.39 is 5.97 Å². The number of unbranched alkanes of at least 4 members (excludes halogenated alkanes) is 11. The minimum absolute atomic E-state index is 0.224. The topological polar surface area (TPSA) is 46.5 Å². The van der Waals surface area contributed by atoms with E-state index in [0.29, 0.717) is 4.48 Å². The van der Waals surface area contributed by atoms with Gasteiger partial charge < -0.3 is 14.3 Å². The molecule has 0 aromatic carbocycles. The Balaban J connectivity index is 3.19. The van der Waals surface area contributed by atoms with Gasteiger partial charge >= 0.3 is 5.97 Å². The highest BCUT2D eigenvalue weighted by Gasteiger charge is 2.18. The molecule has 0 aromatic heterocycles. The molecule has 0 amide bonds. The second-order valence-corrected chi connectivity index (χ2v) is 8.77. The minimum atomic E-state index is -0.702. The molecule has 0 fully saturated rings. The molecule has 0 heterocycles. The Morgan fingerprint density at radius 2 is 1.26 bits per heavy atom. The van der Waals surface area contributed by atoms with Crippen molar-refractivity contribution in [2.45, 2.75) is 90.4 Å². The SMILES string of the molecule is C=C(C)CCOCCCCCCCCCCCCCC[N+](C)(C)CC(=O)O. The maximum absolute atomic E-state index is 10.8. The van der Waals surface area contributed by atoms with Crippen molar-refractivity contribution < 1.29 is 19.1 Å². The zero-order valence-electron chi connectivity index (χ0n) is 18.4.